The Balaban J connectivity index is 3.47. The molecule has 0 unspecified atom stereocenters. The van der Waals surface area contributed by atoms with Crippen molar-refractivity contribution in [2.24, 2.45) is 0 Å². The molecule has 0 aliphatic rings. The van der Waals surface area contributed by atoms with Gasteiger partial charge in [0.2, 0.25) is 0 Å². The zero-order valence-corrected chi connectivity index (χ0v) is 11.0. The third-order valence-electron chi connectivity index (χ3n) is 2.68. The molecule has 1 rings (SSSR count). The highest BCUT2D eigenvalue weighted by Gasteiger charge is 2.23. The Kier molecular flexibility index (Phi) is 4.96. The first-order valence-electron chi connectivity index (χ1n) is 5.72. The van der Waals surface area contributed by atoms with Crippen LogP contribution in [-0.2, 0) is 16.0 Å². The average molecular weight is 279 g/mol. The number of benzene rings is 1. The molecule has 0 aromatic heterocycles. The first-order chi connectivity index (χ1) is 9.42. The van der Waals surface area contributed by atoms with Crippen LogP contribution >= 0.6 is 0 Å². The van der Waals surface area contributed by atoms with Crippen LogP contribution < -0.4 is 0 Å². The number of hydrogen-bond acceptors (Lipinski definition) is 5. The van der Waals surface area contributed by atoms with E-state index in [9.17, 15) is 19.7 Å². The maximum atomic E-state index is 11.2. The highest BCUT2D eigenvalue weighted by molar-refractivity contribution is 5.93. The summed E-state index contributed by atoms with van der Waals surface area (Å²) in [6.07, 6.45) is 2.47. The number of ether oxygens (including phenoxy) is 1. The molecule has 0 radical (unpaired) electrons. The summed E-state index contributed by atoms with van der Waals surface area (Å²) in [5.41, 5.74) is -0.154. The van der Waals surface area contributed by atoms with E-state index in [4.69, 9.17) is 5.11 Å². The number of carbonyl (C=O) groups is 2. The fourth-order valence-corrected chi connectivity index (χ4v) is 1.79. The molecule has 0 spiro atoms. The average Bonchev–Trinajstić information content (AvgIpc) is 2.42. The van der Waals surface area contributed by atoms with E-state index < -0.39 is 16.9 Å². The Morgan fingerprint density at radius 3 is 2.55 bits per heavy atom. The Hall–Kier alpha value is -2.70. The summed E-state index contributed by atoms with van der Waals surface area (Å²) in [7, 11) is 1.19. The normalized spacial score (nSPS) is 10.5. The zero-order valence-electron chi connectivity index (χ0n) is 11.0. The molecule has 0 atom stereocenters. The Labute approximate surface area is 114 Å². The first-order valence-corrected chi connectivity index (χ1v) is 5.72. The number of carbonyl (C=O) groups excluding carboxylic acids is 1. The third kappa shape index (κ3) is 3.19. The minimum atomic E-state index is -1.23. The molecule has 0 heterocycles. The molecular formula is C13H13NO6. The van der Waals surface area contributed by atoms with Crippen molar-refractivity contribution in [2.45, 2.75) is 13.3 Å². The highest BCUT2D eigenvalue weighted by Crippen LogP contribution is 2.29. The molecule has 0 saturated carbocycles. The number of carboxylic acids is 1. The quantitative estimate of drug-likeness (QED) is 0.382. The van der Waals surface area contributed by atoms with E-state index >= 15 is 0 Å². The maximum absolute atomic E-state index is 11.2. The number of rotatable bonds is 5. The van der Waals surface area contributed by atoms with Gasteiger partial charge in [-0.3, -0.25) is 10.1 Å². The standard InChI is InChI=1S/C13H13NO6/c1-3-9-10(13(16)17)6-4-8(12(9)14(18)19)5-7-11(15)20-2/h4-7H,3H2,1-2H3,(H,16,17). The monoisotopic (exact) mass is 279 g/mol. The maximum Gasteiger partial charge on any atom is 0.336 e. The van der Waals surface area contributed by atoms with Crippen LogP contribution in [-0.4, -0.2) is 29.1 Å². The number of aromatic carboxylic acids is 1. The highest BCUT2D eigenvalue weighted by atomic mass is 16.6. The van der Waals surface area contributed by atoms with Crippen LogP contribution in [0.2, 0.25) is 0 Å². The summed E-state index contributed by atoms with van der Waals surface area (Å²) >= 11 is 0. The molecule has 0 fully saturated rings. The van der Waals surface area contributed by atoms with Crippen molar-refractivity contribution in [3.8, 4) is 0 Å². The van der Waals surface area contributed by atoms with Gasteiger partial charge in [-0.25, -0.2) is 9.59 Å². The lowest BCUT2D eigenvalue weighted by atomic mass is 9.98. The van der Waals surface area contributed by atoms with Crippen molar-refractivity contribution in [3.05, 3.63) is 45.0 Å². The lowest BCUT2D eigenvalue weighted by Crippen LogP contribution is -2.07. The Morgan fingerprint density at radius 2 is 2.10 bits per heavy atom. The molecule has 1 aromatic carbocycles. The number of nitrogens with zero attached hydrogens (tertiary/aromatic N) is 1. The van der Waals surface area contributed by atoms with E-state index in [0.717, 1.165) is 6.08 Å². The predicted octanol–water partition coefficient (Wildman–Crippen LogP) is 2.04. The van der Waals surface area contributed by atoms with Crippen LogP contribution in [0.5, 0.6) is 0 Å². The first kappa shape index (κ1) is 15.4. The molecule has 7 nitrogen and oxygen atoms in total. The summed E-state index contributed by atoms with van der Waals surface area (Å²) in [4.78, 5) is 32.6. The molecule has 1 aromatic rings. The SMILES string of the molecule is CCc1c(C(=O)O)ccc(C=CC(=O)OC)c1[N+](=O)[O-]. The predicted molar refractivity (Wildman–Crippen MR) is 70.5 cm³/mol. The van der Waals surface area contributed by atoms with Crippen molar-refractivity contribution < 1.29 is 24.4 Å². The van der Waals surface area contributed by atoms with E-state index in [0.29, 0.717) is 0 Å². The van der Waals surface area contributed by atoms with Gasteiger partial charge in [0.15, 0.2) is 0 Å². The Bertz CT molecular complexity index is 591. The minimum Gasteiger partial charge on any atom is -0.478 e. The second kappa shape index (κ2) is 6.46. The van der Waals surface area contributed by atoms with E-state index in [1.54, 1.807) is 6.92 Å². The third-order valence-corrected chi connectivity index (χ3v) is 2.68. The summed E-state index contributed by atoms with van der Waals surface area (Å²) in [5, 5.41) is 20.2. The van der Waals surface area contributed by atoms with Crippen LogP contribution in [0.1, 0.15) is 28.4 Å². The molecule has 106 valence electrons. The Morgan fingerprint density at radius 1 is 1.45 bits per heavy atom. The van der Waals surface area contributed by atoms with Gasteiger partial charge in [-0.1, -0.05) is 6.92 Å². The largest absolute Gasteiger partial charge is 0.478 e. The molecule has 0 amide bonds. The molecule has 7 heteroatoms. The lowest BCUT2D eigenvalue weighted by Gasteiger charge is -2.07. The number of nitro benzene ring substituents is 1. The van der Waals surface area contributed by atoms with Crippen LogP contribution in [0.25, 0.3) is 6.08 Å². The molecule has 0 bridgehead atoms. The van der Waals surface area contributed by atoms with Crippen LogP contribution in [0.3, 0.4) is 0 Å². The second-order valence-electron chi connectivity index (χ2n) is 3.80. The molecule has 0 saturated heterocycles. The molecule has 1 N–H and O–H groups in total. The van der Waals surface area contributed by atoms with Gasteiger partial charge >= 0.3 is 11.9 Å². The van der Waals surface area contributed by atoms with Gasteiger partial charge in [-0.2, -0.15) is 0 Å². The van der Waals surface area contributed by atoms with Crippen molar-refractivity contribution >= 4 is 23.7 Å². The number of nitro groups is 1. The minimum absolute atomic E-state index is 0.116. The topological polar surface area (TPSA) is 107 Å². The molecule has 0 aliphatic heterocycles. The van der Waals surface area contributed by atoms with Gasteiger partial charge in [-0.05, 0) is 24.6 Å². The molecule has 20 heavy (non-hydrogen) atoms. The number of hydrogen-bond donors (Lipinski definition) is 1. The zero-order chi connectivity index (χ0) is 15.3. The fourth-order valence-electron chi connectivity index (χ4n) is 1.79. The van der Waals surface area contributed by atoms with Gasteiger partial charge in [0.05, 0.1) is 23.2 Å². The van der Waals surface area contributed by atoms with Crippen molar-refractivity contribution in [3.63, 3.8) is 0 Å². The van der Waals surface area contributed by atoms with Crippen LogP contribution in [0.4, 0.5) is 5.69 Å². The summed E-state index contributed by atoms with van der Waals surface area (Å²) < 4.78 is 4.40. The van der Waals surface area contributed by atoms with Crippen molar-refractivity contribution in [2.75, 3.05) is 7.11 Å². The fraction of sp³-hybridized carbons (Fsp3) is 0.231. The van der Waals surface area contributed by atoms with Crippen molar-refractivity contribution in [1.82, 2.24) is 0 Å². The van der Waals surface area contributed by atoms with E-state index in [-0.39, 0.29) is 28.8 Å². The van der Waals surface area contributed by atoms with Gasteiger partial charge < -0.3 is 9.84 Å². The van der Waals surface area contributed by atoms with Gasteiger partial charge in [0, 0.05) is 11.6 Å². The van der Waals surface area contributed by atoms with Crippen LogP contribution in [0, 0.1) is 10.1 Å². The summed E-state index contributed by atoms with van der Waals surface area (Å²) in [6, 6.07) is 2.57. The second-order valence-corrected chi connectivity index (χ2v) is 3.80. The number of esters is 1. The molecule has 0 aliphatic carbocycles. The van der Waals surface area contributed by atoms with Crippen molar-refractivity contribution in [1.29, 1.82) is 0 Å². The van der Waals surface area contributed by atoms with E-state index in [1.165, 1.54) is 25.3 Å². The number of carboxylic acid groups (broad SMARTS) is 1. The smallest absolute Gasteiger partial charge is 0.336 e. The van der Waals surface area contributed by atoms with Gasteiger partial charge in [0.25, 0.3) is 5.69 Å². The molecular weight excluding hydrogens is 266 g/mol. The van der Waals surface area contributed by atoms with Crippen LogP contribution in [0.15, 0.2) is 18.2 Å². The summed E-state index contributed by atoms with van der Waals surface area (Å²) in [5.74, 6) is -1.88. The number of methoxy groups -OCH3 is 1. The van der Waals surface area contributed by atoms with Gasteiger partial charge in [-0.15, -0.1) is 0 Å². The van der Waals surface area contributed by atoms with E-state index in [1.807, 2.05) is 0 Å². The van der Waals surface area contributed by atoms with E-state index in [2.05, 4.69) is 4.74 Å². The summed E-state index contributed by atoms with van der Waals surface area (Å²) in [6.45, 7) is 1.63. The lowest BCUT2D eigenvalue weighted by molar-refractivity contribution is -0.385. The van der Waals surface area contributed by atoms with Gasteiger partial charge in [0.1, 0.15) is 0 Å².